The zero-order chi connectivity index (χ0) is 102. The Labute approximate surface area is 883 Å². The first-order valence-electron chi connectivity index (χ1n) is 48.5. The molecule has 0 saturated heterocycles. The van der Waals surface area contributed by atoms with Gasteiger partial charge in [0, 0.05) is 168 Å². The Morgan fingerprint density at radius 2 is 0.738 bits per heavy atom. The van der Waals surface area contributed by atoms with E-state index in [0.717, 1.165) is 170 Å². The zero-order valence-electron chi connectivity index (χ0n) is 81.2. The average Bonchev–Trinajstić information content (AvgIpc) is 1.62. The van der Waals surface area contributed by atoms with Crippen molar-refractivity contribution in [1.29, 1.82) is 0 Å². The number of aromatic nitrogens is 5. The van der Waals surface area contributed by atoms with E-state index in [1.165, 1.54) is 46.9 Å². The molecule has 750 valence electrons. The highest BCUT2D eigenvalue weighted by Gasteiger charge is 2.43. The molecule has 5 atom stereocenters. The molecule has 5 unspecified atom stereocenters. The Kier molecular flexibility index (Phi) is 32.0. The second-order valence-corrected chi connectivity index (χ2v) is 40.1. The van der Waals surface area contributed by atoms with Crippen LogP contribution >= 0.6 is 97.1 Å². The van der Waals surface area contributed by atoms with Gasteiger partial charge in [0.1, 0.15) is 29.3 Å². The van der Waals surface area contributed by atoms with E-state index in [0.29, 0.717) is 112 Å². The summed E-state index contributed by atoms with van der Waals surface area (Å²) >= 11 is 47.5. The molecule has 5 aromatic heterocycles. The zero-order valence-corrected chi connectivity index (χ0v) is 88.1. The van der Waals surface area contributed by atoms with Gasteiger partial charge in [0.2, 0.25) is 5.91 Å². The molecule has 0 spiro atoms. The van der Waals surface area contributed by atoms with Gasteiger partial charge in [-0.25, -0.2) is 19.2 Å². The summed E-state index contributed by atoms with van der Waals surface area (Å²) in [5, 5.41) is 16.5. The maximum Gasteiger partial charge on any atom is 0.410 e. The fraction of sp³-hybridized carbons (Fsp3) is 0.283. The summed E-state index contributed by atoms with van der Waals surface area (Å²) in [6.45, 7) is 9.16. The van der Waals surface area contributed by atoms with Gasteiger partial charge in [-0.3, -0.25) is 14.6 Å². The van der Waals surface area contributed by atoms with Gasteiger partial charge in [-0.1, -0.05) is 184 Å². The fourth-order valence-electron chi connectivity index (χ4n) is 21.2. The Hall–Kier alpha value is -12.8. The summed E-state index contributed by atoms with van der Waals surface area (Å²) in [6.07, 6.45) is 9.42. The number of halogens is 8. The van der Waals surface area contributed by atoms with Crippen molar-refractivity contribution < 1.29 is 57.1 Å². The third kappa shape index (κ3) is 21.6. The number of amides is 7. The quantitative estimate of drug-likeness (QED) is 0.0505. The van der Waals surface area contributed by atoms with Crippen LogP contribution in [0.3, 0.4) is 0 Å². The number of urea groups is 2. The van der Waals surface area contributed by atoms with E-state index >= 15 is 0 Å². The highest BCUT2D eigenvalue weighted by molar-refractivity contribution is 9.10. The molecule has 16 aromatic rings. The van der Waals surface area contributed by atoms with Gasteiger partial charge in [-0.05, 0) is 278 Å². The van der Waals surface area contributed by atoms with Gasteiger partial charge in [-0.15, -0.1) is 0 Å². The molecule has 1 saturated carbocycles. The number of nitrogens with one attached hydrogen (secondary N) is 7. The van der Waals surface area contributed by atoms with Crippen molar-refractivity contribution in [2.75, 3.05) is 86.8 Å². The predicted molar refractivity (Wildman–Crippen MR) is 581 cm³/mol. The van der Waals surface area contributed by atoms with Crippen LogP contribution in [0.1, 0.15) is 174 Å². The van der Waals surface area contributed by atoms with Crippen LogP contribution in [0.4, 0.5) is 24.9 Å². The molecule has 24 nitrogen and oxygen atoms in total. The lowest BCUT2D eigenvalue weighted by molar-refractivity contribution is -0.133. The lowest BCUT2D eigenvalue weighted by Gasteiger charge is -2.37. The number of ether oxygens (including phenoxy) is 7. The Bertz CT molecular complexity index is 7490. The first-order chi connectivity index (χ1) is 70.4. The Morgan fingerprint density at radius 3 is 1.19 bits per heavy atom. The van der Waals surface area contributed by atoms with E-state index in [9.17, 15) is 24.0 Å². The monoisotopic (exact) mass is 2150 g/mol. The number of fused-ring (bicyclic) bond motifs is 15. The molecule has 32 heteroatoms. The van der Waals surface area contributed by atoms with Crippen molar-refractivity contribution in [3.63, 3.8) is 0 Å². The molecule has 10 heterocycles. The van der Waals surface area contributed by atoms with E-state index in [-0.39, 0.29) is 66.4 Å². The number of aromatic amines is 5. The minimum atomic E-state index is -0.385. The van der Waals surface area contributed by atoms with Crippen molar-refractivity contribution in [2.45, 2.75) is 128 Å². The van der Waals surface area contributed by atoms with E-state index in [4.69, 9.17) is 114 Å². The molecular formula is C113H110BrCl7N12O12. The van der Waals surface area contributed by atoms with Crippen molar-refractivity contribution in [1.82, 2.24) is 54.7 Å². The van der Waals surface area contributed by atoms with Crippen LogP contribution in [0.5, 0.6) is 28.7 Å². The largest absolute Gasteiger partial charge is 0.497 e. The number of rotatable bonds is 15. The van der Waals surface area contributed by atoms with Crippen molar-refractivity contribution in [3.05, 3.63) is 348 Å². The molecular weight excluding hydrogens is 2050 g/mol. The molecule has 145 heavy (non-hydrogen) atoms. The standard InChI is InChI=1S/C26H24ClN3O3.C24H25BrClN3O.C22H23ClN2O4.C21H21ClN2O2.C20H17Cl3N2O2/c1-32-18-10-7-16(8-11-18)25-24-19(20-15-17(27)9-12-21(20)28-24)13-14-30(25)26(31)29-22-5-3-4-6-23(22)33-2;25-16-9-10-21-20(14-16)19-11-12-29(24(30)27-18-7-2-1-3-8-18)23(22(19)28-21)15-5-4-6-17(26)13-15;1-4-29-22(26)25-10-9-15-16-12-14(23)6-7-17(16)24-20(15)21(25)13-5-8-18(27-2)19(11-13)28-3;1-3-19(25)24-11-10-16-17-12-14(22)6-9-18(17)23-20(16)21(24)13-4-7-15(26-2)8-5-13;1-2-27-20(26)25-8-7-13-15-9-11(21)4-6-17(15)24-18(13)19(25)14-5-3-12(22)10-16(14)23/h3-12,15,25,28H,13-14H2,1-2H3,(H,29,31);4-6,9-10,13-14,18,23,28H,1-3,7-8,11-12H2,(H,27,30);5-8,11-12,21,24H,4,9-10H2,1-3H3;4-9,12,21,23H,3,10-11H2,1-2H3;3-6,9-10,19,24H,2,7-8H2,1H3. The third-order valence-corrected chi connectivity index (χ3v) is 30.1. The number of hydrogen-bond acceptors (Lipinski definition) is 12. The van der Waals surface area contributed by atoms with Crippen LogP contribution in [-0.2, 0) is 46.4 Å². The summed E-state index contributed by atoms with van der Waals surface area (Å²) in [7, 11) is 8.09. The van der Waals surface area contributed by atoms with E-state index in [2.05, 4.69) is 69.7 Å². The van der Waals surface area contributed by atoms with Crippen molar-refractivity contribution >= 4 is 187 Å². The fourth-order valence-corrected chi connectivity index (χ4v) is 22.9. The number of H-pyrrole nitrogens is 5. The summed E-state index contributed by atoms with van der Waals surface area (Å²) in [4.78, 5) is 91.9. The highest BCUT2D eigenvalue weighted by Crippen LogP contribution is 2.49. The SMILES string of the molecule is CCC(=O)N1CCc2c([nH]c3ccc(Cl)cc23)C1c1ccc(OC)cc1.CCOC(=O)N1CCc2c([nH]c3ccc(Cl)cc23)C1c1ccc(Cl)cc1Cl.CCOC(=O)N1CCc2c([nH]c3ccc(Cl)cc23)C1c1ccc(OC)c(OC)c1.COc1ccc(C2c3[nH]c4ccc(Cl)cc4c3CCN2C(=O)Nc2ccccc2OC)cc1.O=C(NC1CCCCC1)N1CCc2c([nH]c3ccc(Br)cc23)C1c1cccc(Cl)c1. The number of hydrogen-bond donors (Lipinski definition) is 7. The molecule has 1 aliphatic carbocycles. The molecule has 22 rings (SSSR count). The number of nitrogens with zero attached hydrogens (tertiary/aromatic N) is 5. The van der Waals surface area contributed by atoms with Crippen LogP contribution in [0, 0.1) is 0 Å². The molecule has 6 aliphatic rings. The molecule has 11 aromatic carbocycles. The van der Waals surface area contributed by atoms with E-state index < -0.39 is 0 Å². The molecule has 5 aliphatic heterocycles. The number of para-hydroxylation sites is 2. The minimum absolute atomic E-state index is 0.0253. The lowest BCUT2D eigenvalue weighted by Crippen LogP contribution is -2.49. The first kappa shape index (κ1) is 102. The molecule has 0 bridgehead atoms. The van der Waals surface area contributed by atoms with Crippen molar-refractivity contribution in [2.24, 2.45) is 0 Å². The summed E-state index contributed by atoms with van der Waals surface area (Å²) in [5.74, 6) is 3.60. The molecule has 7 amide bonds. The van der Waals surface area contributed by atoms with Crippen LogP contribution < -0.4 is 34.3 Å². The van der Waals surface area contributed by atoms with E-state index in [1.807, 2.05) is 223 Å². The normalized spacial score (nSPS) is 16.7. The van der Waals surface area contributed by atoms with Crippen LogP contribution in [0.15, 0.2) is 229 Å². The predicted octanol–water partition coefficient (Wildman–Crippen LogP) is 28.5. The van der Waals surface area contributed by atoms with Gasteiger partial charge in [-0.2, -0.15) is 0 Å². The van der Waals surface area contributed by atoms with Gasteiger partial charge in [0.05, 0.1) is 72.6 Å². The minimum Gasteiger partial charge on any atom is -0.497 e. The Morgan fingerprint density at radius 1 is 0.352 bits per heavy atom. The average molecular weight is 2160 g/mol. The molecule has 0 radical (unpaired) electrons. The highest BCUT2D eigenvalue weighted by atomic mass is 79.9. The number of carbonyl (C=O) groups is 5. The topological polar surface area (TPSA) is 269 Å². The second-order valence-electron chi connectivity index (χ2n) is 36.2. The third-order valence-electron chi connectivity index (χ3n) is 27.9. The summed E-state index contributed by atoms with van der Waals surface area (Å²) in [5.41, 5.74) is 21.7. The second kappa shape index (κ2) is 45.4. The van der Waals surface area contributed by atoms with Crippen LogP contribution in [0.2, 0.25) is 35.2 Å². The smallest absolute Gasteiger partial charge is 0.410 e. The molecule has 7 N–H and O–H groups in total. The van der Waals surface area contributed by atoms with E-state index in [1.54, 1.807) is 64.4 Å². The Balaban J connectivity index is 0.000000119. The van der Waals surface area contributed by atoms with Gasteiger partial charge < -0.3 is 83.4 Å². The van der Waals surface area contributed by atoms with Crippen LogP contribution in [-0.4, -0.2) is 167 Å². The maximum absolute atomic E-state index is 13.5. The van der Waals surface area contributed by atoms with Crippen LogP contribution in [0.25, 0.3) is 54.5 Å². The lowest BCUT2D eigenvalue weighted by atomic mass is 9.92. The van der Waals surface area contributed by atoms with Crippen molar-refractivity contribution in [3.8, 4) is 28.7 Å². The van der Waals surface area contributed by atoms with Gasteiger partial charge >= 0.3 is 24.2 Å². The van der Waals surface area contributed by atoms with Gasteiger partial charge in [0.15, 0.2) is 11.5 Å². The van der Waals surface area contributed by atoms with Gasteiger partial charge in [0.25, 0.3) is 0 Å². The number of benzene rings is 11. The molecule has 1 fully saturated rings. The number of anilines is 1. The number of carbonyl (C=O) groups excluding carboxylic acids is 5. The first-order valence-corrected chi connectivity index (χ1v) is 52.0. The summed E-state index contributed by atoms with van der Waals surface area (Å²) < 4.78 is 38.6. The maximum atomic E-state index is 13.5. The summed E-state index contributed by atoms with van der Waals surface area (Å²) in [6, 6.07) is 70.5. The number of methoxy groups -OCH3 is 5.